The predicted octanol–water partition coefficient (Wildman–Crippen LogP) is 1.68. The van der Waals surface area contributed by atoms with Crippen LogP contribution in [0.2, 0.25) is 0 Å². The van der Waals surface area contributed by atoms with Crippen molar-refractivity contribution in [2.45, 2.75) is 27.2 Å². The molecule has 0 saturated carbocycles. The molecule has 0 radical (unpaired) electrons. The molecule has 2 aliphatic rings. The lowest BCUT2D eigenvalue weighted by Gasteiger charge is -2.40. The minimum Gasteiger partial charge on any atom is -0.392 e. The van der Waals surface area contributed by atoms with E-state index in [1.165, 1.54) is 0 Å². The number of allylic oxidation sites excluding steroid dienone is 2. The average molecular weight is 194 g/mol. The molecule has 2 rings (SSSR count). The number of rotatable bonds is 0. The van der Waals surface area contributed by atoms with Crippen molar-refractivity contribution in [3.05, 3.63) is 12.2 Å². The van der Waals surface area contributed by atoms with Gasteiger partial charge in [0.25, 0.3) is 0 Å². The number of esters is 2. The van der Waals surface area contributed by atoms with Crippen LogP contribution in [0.15, 0.2) is 12.2 Å². The van der Waals surface area contributed by atoms with E-state index in [4.69, 9.17) is 4.74 Å². The van der Waals surface area contributed by atoms with E-state index in [1.807, 2.05) is 32.9 Å². The Balaban J connectivity index is 2.59. The molecule has 0 bridgehead atoms. The summed E-state index contributed by atoms with van der Waals surface area (Å²) in [4.78, 5) is 23.3. The number of carbonyl (C=O) groups is 2. The standard InChI is InChI=1S/C11H14O3/c1-7-5-4-6-10(2)8(12)14-9(13)11(7,10)3/h4-5,7H,6H2,1-3H3. The zero-order valence-corrected chi connectivity index (χ0v) is 8.66. The van der Waals surface area contributed by atoms with Gasteiger partial charge in [-0.3, -0.25) is 9.59 Å². The van der Waals surface area contributed by atoms with Crippen molar-refractivity contribution >= 4 is 11.9 Å². The third-order valence-corrected chi connectivity index (χ3v) is 4.07. The Bertz CT molecular complexity index is 344. The van der Waals surface area contributed by atoms with Crippen LogP contribution in [-0.4, -0.2) is 11.9 Å². The van der Waals surface area contributed by atoms with Crippen LogP contribution < -0.4 is 0 Å². The summed E-state index contributed by atoms with van der Waals surface area (Å²) in [6, 6.07) is 0. The molecule has 3 nitrogen and oxygen atoms in total. The van der Waals surface area contributed by atoms with Gasteiger partial charge in [-0.25, -0.2) is 0 Å². The summed E-state index contributed by atoms with van der Waals surface area (Å²) in [6.07, 6.45) is 4.55. The van der Waals surface area contributed by atoms with Gasteiger partial charge < -0.3 is 4.74 Å². The Labute approximate surface area is 83.1 Å². The molecule has 0 aromatic rings. The molecular weight excluding hydrogens is 180 g/mol. The van der Waals surface area contributed by atoms with Crippen LogP contribution in [0.4, 0.5) is 0 Å². The predicted molar refractivity (Wildman–Crippen MR) is 50.2 cm³/mol. The average Bonchev–Trinajstić information content (AvgIpc) is 2.29. The fourth-order valence-corrected chi connectivity index (χ4v) is 2.42. The summed E-state index contributed by atoms with van der Waals surface area (Å²) in [5, 5.41) is 0. The first kappa shape index (κ1) is 9.44. The lowest BCUT2D eigenvalue weighted by atomic mass is 9.57. The Kier molecular flexibility index (Phi) is 1.66. The number of ether oxygens (including phenoxy) is 1. The maximum absolute atomic E-state index is 11.7. The monoisotopic (exact) mass is 194 g/mol. The summed E-state index contributed by atoms with van der Waals surface area (Å²) in [5.41, 5.74) is -1.35. The second-order valence-corrected chi connectivity index (χ2v) is 4.63. The summed E-state index contributed by atoms with van der Waals surface area (Å²) in [7, 11) is 0. The van der Waals surface area contributed by atoms with Crippen molar-refractivity contribution in [2.75, 3.05) is 0 Å². The van der Waals surface area contributed by atoms with Crippen LogP contribution in [-0.2, 0) is 14.3 Å². The molecule has 0 aromatic carbocycles. The molecule has 14 heavy (non-hydrogen) atoms. The van der Waals surface area contributed by atoms with Gasteiger partial charge in [-0.2, -0.15) is 0 Å². The van der Waals surface area contributed by atoms with Gasteiger partial charge in [0.05, 0.1) is 10.8 Å². The van der Waals surface area contributed by atoms with Gasteiger partial charge in [-0.15, -0.1) is 0 Å². The largest absolute Gasteiger partial charge is 0.392 e. The van der Waals surface area contributed by atoms with Crippen molar-refractivity contribution in [2.24, 2.45) is 16.7 Å². The lowest BCUT2D eigenvalue weighted by molar-refractivity contribution is -0.155. The molecule has 76 valence electrons. The molecule has 1 aliphatic carbocycles. The number of hydrogen-bond donors (Lipinski definition) is 0. The highest BCUT2D eigenvalue weighted by Gasteiger charge is 2.65. The molecule has 1 saturated heterocycles. The van der Waals surface area contributed by atoms with E-state index in [9.17, 15) is 9.59 Å². The van der Waals surface area contributed by atoms with Crippen LogP contribution in [0, 0.1) is 16.7 Å². The number of carbonyl (C=O) groups excluding carboxylic acids is 2. The summed E-state index contributed by atoms with van der Waals surface area (Å²) in [5.74, 6) is -0.691. The minimum absolute atomic E-state index is 0.0557. The summed E-state index contributed by atoms with van der Waals surface area (Å²) < 4.78 is 4.77. The van der Waals surface area contributed by atoms with Crippen molar-refractivity contribution < 1.29 is 14.3 Å². The van der Waals surface area contributed by atoms with Gasteiger partial charge >= 0.3 is 11.9 Å². The third-order valence-electron chi connectivity index (χ3n) is 4.07. The Hall–Kier alpha value is -1.12. The first-order valence-electron chi connectivity index (χ1n) is 4.86. The maximum Gasteiger partial charge on any atom is 0.321 e. The fraction of sp³-hybridized carbons (Fsp3) is 0.636. The van der Waals surface area contributed by atoms with Crippen LogP contribution in [0.1, 0.15) is 27.2 Å². The van der Waals surface area contributed by atoms with Crippen LogP contribution >= 0.6 is 0 Å². The molecule has 3 unspecified atom stereocenters. The van der Waals surface area contributed by atoms with E-state index in [2.05, 4.69) is 0 Å². The van der Waals surface area contributed by atoms with Crippen molar-refractivity contribution in [1.29, 1.82) is 0 Å². The normalized spacial score (nSPS) is 46.4. The van der Waals surface area contributed by atoms with E-state index >= 15 is 0 Å². The molecule has 0 spiro atoms. The van der Waals surface area contributed by atoms with E-state index < -0.39 is 10.8 Å². The fourth-order valence-electron chi connectivity index (χ4n) is 2.42. The van der Waals surface area contributed by atoms with Gasteiger partial charge in [0.15, 0.2) is 0 Å². The van der Waals surface area contributed by atoms with E-state index in [0.29, 0.717) is 6.42 Å². The molecule has 1 aliphatic heterocycles. The zero-order valence-electron chi connectivity index (χ0n) is 8.66. The maximum atomic E-state index is 11.7. The second-order valence-electron chi connectivity index (χ2n) is 4.63. The second kappa shape index (κ2) is 2.47. The minimum atomic E-state index is -0.682. The van der Waals surface area contributed by atoms with Gasteiger partial charge in [-0.05, 0) is 26.2 Å². The molecule has 3 heteroatoms. The van der Waals surface area contributed by atoms with Gasteiger partial charge in [-0.1, -0.05) is 19.1 Å². The van der Waals surface area contributed by atoms with Crippen LogP contribution in [0.3, 0.4) is 0 Å². The zero-order chi connectivity index (χ0) is 10.6. The van der Waals surface area contributed by atoms with Crippen LogP contribution in [0.5, 0.6) is 0 Å². The molecule has 0 aromatic heterocycles. The molecule has 1 fully saturated rings. The van der Waals surface area contributed by atoms with Gasteiger partial charge in [0.2, 0.25) is 0 Å². The highest BCUT2D eigenvalue weighted by atomic mass is 16.6. The summed E-state index contributed by atoms with van der Waals surface area (Å²) >= 11 is 0. The van der Waals surface area contributed by atoms with Gasteiger partial charge in [0.1, 0.15) is 0 Å². The first-order valence-corrected chi connectivity index (χ1v) is 4.86. The Morgan fingerprint density at radius 1 is 1.36 bits per heavy atom. The number of hydrogen-bond acceptors (Lipinski definition) is 3. The van der Waals surface area contributed by atoms with Crippen molar-refractivity contribution in [3.8, 4) is 0 Å². The van der Waals surface area contributed by atoms with Crippen molar-refractivity contribution in [1.82, 2.24) is 0 Å². The first-order chi connectivity index (χ1) is 6.43. The highest BCUT2D eigenvalue weighted by Crippen LogP contribution is 2.56. The molecule has 1 heterocycles. The number of cyclic esters (lactones) is 2. The lowest BCUT2D eigenvalue weighted by Crippen LogP contribution is -2.46. The van der Waals surface area contributed by atoms with E-state index in [1.54, 1.807) is 0 Å². The number of fused-ring (bicyclic) bond motifs is 1. The molecular formula is C11H14O3. The van der Waals surface area contributed by atoms with E-state index in [-0.39, 0.29) is 17.9 Å². The quantitative estimate of drug-likeness (QED) is 0.335. The van der Waals surface area contributed by atoms with E-state index in [0.717, 1.165) is 0 Å². The smallest absolute Gasteiger partial charge is 0.321 e. The van der Waals surface area contributed by atoms with Gasteiger partial charge in [0, 0.05) is 0 Å². The molecule has 0 amide bonds. The topological polar surface area (TPSA) is 43.4 Å². The molecule has 0 N–H and O–H groups in total. The molecule has 3 atom stereocenters. The summed E-state index contributed by atoms with van der Waals surface area (Å²) in [6.45, 7) is 5.60. The van der Waals surface area contributed by atoms with Crippen LogP contribution in [0.25, 0.3) is 0 Å². The van der Waals surface area contributed by atoms with Crippen molar-refractivity contribution in [3.63, 3.8) is 0 Å². The SMILES string of the molecule is CC1C=CCC2(C)C(=O)OC(=O)C12C. The Morgan fingerprint density at radius 3 is 2.57 bits per heavy atom. The third kappa shape index (κ3) is 0.781. The highest BCUT2D eigenvalue weighted by molar-refractivity contribution is 6.02. The Morgan fingerprint density at radius 2 is 2.00 bits per heavy atom.